The summed E-state index contributed by atoms with van der Waals surface area (Å²) >= 11 is 0. The maximum Gasteiger partial charge on any atom is 0.130 e. The summed E-state index contributed by atoms with van der Waals surface area (Å²) in [6, 6.07) is 5.89. The molecule has 3 heteroatoms. The number of ether oxygens (including phenoxy) is 3. The van der Waals surface area contributed by atoms with E-state index >= 15 is 0 Å². The highest BCUT2D eigenvalue weighted by atomic mass is 16.5. The number of methoxy groups -OCH3 is 2. The summed E-state index contributed by atoms with van der Waals surface area (Å²) in [5.74, 6) is 2.42. The fraction of sp³-hybridized carbons (Fsp3) is 0.375. The zero-order chi connectivity index (χ0) is 14.3. The van der Waals surface area contributed by atoms with Crippen LogP contribution in [-0.2, 0) is 9.47 Å². The lowest BCUT2D eigenvalue weighted by molar-refractivity contribution is 0.240. The lowest BCUT2D eigenvalue weighted by Crippen LogP contribution is -1.96. The van der Waals surface area contributed by atoms with Crippen LogP contribution < -0.4 is 4.74 Å². The largest absolute Gasteiger partial charge is 0.497 e. The van der Waals surface area contributed by atoms with Crippen LogP contribution in [0.2, 0.25) is 0 Å². The van der Waals surface area contributed by atoms with Crippen molar-refractivity contribution < 1.29 is 14.2 Å². The normalized spacial score (nSPS) is 12.3. The minimum absolute atomic E-state index is 0.634. The number of hydrogen-bond acceptors (Lipinski definition) is 3. The number of aryl methyl sites for hydroxylation is 1. The number of allylic oxidation sites excluding steroid dienone is 2. The molecular weight excluding hydrogens is 240 g/mol. The molecule has 3 nitrogen and oxygen atoms in total. The van der Waals surface area contributed by atoms with Crippen molar-refractivity contribution in [1.29, 1.82) is 0 Å². The summed E-state index contributed by atoms with van der Waals surface area (Å²) in [4.78, 5) is 0. The van der Waals surface area contributed by atoms with Gasteiger partial charge in [-0.3, -0.25) is 0 Å². The van der Waals surface area contributed by atoms with Crippen molar-refractivity contribution in [3.8, 4) is 5.75 Å². The topological polar surface area (TPSA) is 27.7 Å². The zero-order valence-electron chi connectivity index (χ0n) is 12.3. The summed E-state index contributed by atoms with van der Waals surface area (Å²) in [7, 11) is 3.32. The van der Waals surface area contributed by atoms with Crippen molar-refractivity contribution in [2.24, 2.45) is 0 Å². The van der Waals surface area contributed by atoms with Gasteiger partial charge in [0, 0.05) is 11.6 Å². The van der Waals surface area contributed by atoms with Gasteiger partial charge in [-0.25, -0.2) is 0 Å². The number of hydrogen-bond donors (Lipinski definition) is 0. The molecule has 1 rings (SSSR count). The molecule has 0 bridgehead atoms. The molecule has 0 spiro atoms. The molecule has 104 valence electrons. The second-order valence-electron chi connectivity index (χ2n) is 4.02. The first-order chi connectivity index (χ1) is 9.15. The average molecular weight is 262 g/mol. The lowest BCUT2D eigenvalue weighted by Gasteiger charge is -2.12. The van der Waals surface area contributed by atoms with E-state index in [9.17, 15) is 0 Å². The molecule has 0 aliphatic carbocycles. The molecule has 0 unspecified atom stereocenters. The van der Waals surface area contributed by atoms with E-state index in [-0.39, 0.29) is 0 Å². The molecule has 0 saturated heterocycles. The van der Waals surface area contributed by atoms with Crippen LogP contribution in [0.4, 0.5) is 0 Å². The van der Waals surface area contributed by atoms with Gasteiger partial charge in [0.25, 0.3) is 0 Å². The maximum absolute atomic E-state index is 5.51. The monoisotopic (exact) mass is 262 g/mol. The van der Waals surface area contributed by atoms with Gasteiger partial charge in [0.2, 0.25) is 0 Å². The molecule has 0 aliphatic rings. The molecule has 0 aliphatic heterocycles. The second kappa shape index (κ2) is 7.52. The Kier molecular flexibility index (Phi) is 6.00. The Labute approximate surface area is 115 Å². The highest BCUT2D eigenvalue weighted by molar-refractivity contribution is 5.65. The van der Waals surface area contributed by atoms with Crippen LogP contribution >= 0.6 is 0 Å². The van der Waals surface area contributed by atoms with Crippen molar-refractivity contribution in [1.82, 2.24) is 0 Å². The second-order valence-corrected chi connectivity index (χ2v) is 4.02. The predicted molar refractivity (Wildman–Crippen MR) is 78.1 cm³/mol. The lowest BCUT2D eigenvalue weighted by atomic mass is 10.1. The highest BCUT2D eigenvalue weighted by Crippen LogP contribution is 2.25. The van der Waals surface area contributed by atoms with Crippen LogP contribution in [0, 0.1) is 6.92 Å². The third-order valence-electron chi connectivity index (χ3n) is 2.79. The first-order valence-corrected chi connectivity index (χ1v) is 6.36. The summed E-state index contributed by atoms with van der Waals surface area (Å²) in [6.45, 7) is 6.56. The van der Waals surface area contributed by atoms with Crippen LogP contribution in [0.15, 0.2) is 36.1 Å². The third-order valence-corrected chi connectivity index (χ3v) is 2.79. The molecule has 0 aromatic heterocycles. The van der Waals surface area contributed by atoms with Crippen LogP contribution in [-0.4, -0.2) is 20.8 Å². The summed E-state index contributed by atoms with van der Waals surface area (Å²) in [5, 5.41) is 0. The fourth-order valence-electron chi connectivity index (χ4n) is 1.79. The van der Waals surface area contributed by atoms with Gasteiger partial charge in [-0.2, -0.15) is 0 Å². The molecule has 1 aromatic carbocycles. The van der Waals surface area contributed by atoms with Crippen LogP contribution in [0.3, 0.4) is 0 Å². The van der Waals surface area contributed by atoms with Gasteiger partial charge in [-0.15, -0.1) is 0 Å². The van der Waals surface area contributed by atoms with Gasteiger partial charge in [0.05, 0.1) is 20.8 Å². The fourth-order valence-corrected chi connectivity index (χ4v) is 1.79. The smallest absolute Gasteiger partial charge is 0.130 e. The molecule has 0 saturated carbocycles. The Bertz CT molecular complexity index is 473. The minimum atomic E-state index is 0.634. The van der Waals surface area contributed by atoms with E-state index in [0.29, 0.717) is 6.61 Å². The van der Waals surface area contributed by atoms with E-state index in [2.05, 4.69) is 0 Å². The Morgan fingerprint density at radius 2 is 2.00 bits per heavy atom. The minimum Gasteiger partial charge on any atom is -0.497 e. The van der Waals surface area contributed by atoms with E-state index in [4.69, 9.17) is 14.2 Å². The van der Waals surface area contributed by atoms with Crippen LogP contribution in [0.25, 0.3) is 5.76 Å². The molecule has 0 amide bonds. The number of rotatable bonds is 6. The van der Waals surface area contributed by atoms with E-state index in [1.54, 1.807) is 14.2 Å². The van der Waals surface area contributed by atoms with E-state index < -0.39 is 0 Å². The van der Waals surface area contributed by atoms with E-state index in [1.165, 1.54) is 0 Å². The first-order valence-electron chi connectivity index (χ1n) is 6.36. The van der Waals surface area contributed by atoms with Crippen molar-refractivity contribution >= 4 is 5.76 Å². The van der Waals surface area contributed by atoms with Gasteiger partial charge >= 0.3 is 0 Å². The Morgan fingerprint density at radius 3 is 2.47 bits per heavy atom. The maximum atomic E-state index is 5.51. The van der Waals surface area contributed by atoms with Crippen molar-refractivity contribution in [3.05, 3.63) is 47.2 Å². The molecule has 0 fully saturated rings. The molecular formula is C16H22O3. The SMILES string of the molecule is C/C=C(\C=C(\OC)c1ccc(OC)cc1C)OCC. The number of benzene rings is 1. The van der Waals surface area contributed by atoms with Crippen LogP contribution in [0.1, 0.15) is 25.0 Å². The highest BCUT2D eigenvalue weighted by Gasteiger charge is 2.08. The standard InChI is InChI=1S/C16H22O3/c1-6-13(19-7-2)11-16(18-5)15-9-8-14(17-4)10-12(15)3/h6,8-11H,7H2,1-5H3/b13-6+,16-11+. The summed E-state index contributed by atoms with van der Waals surface area (Å²) < 4.78 is 16.2. The first kappa shape index (κ1) is 15.2. The molecule has 0 heterocycles. The zero-order valence-corrected chi connectivity index (χ0v) is 12.3. The Balaban J connectivity index is 3.13. The van der Waals surface area contributed by atoms with Crippen molar-refractivity contribution in [2.45, 2.75) is 20.8 Å². The van der Waals surface area contributed by atoms with Gasteiger partial charge in [-0.05, 0) is 50.6 Å². The van der Waals surface area contributed by atoms with Gasteiger partial charge in [0.15, 0.2) is 0 Å². The molecule has 0 radical (unpaired) electrons. The van der Waals surface area contributed by atoms with Crippen molar-refractivity contribution in [3.63, 3.8) is 0 Å². The molecule has 19 heavy (non-hydrogen) atoms. The predicted octanol–water partition coefficient (Wildman–Crippen LogP) is 3.93. The summed E-state index contributed by atoms with van der Waals surface area (Å²) in [6.07, 6.45) is 3.82. The third kappa shape index (κ3) is 4.05. The summed E-state index contributed by atoms with van der Waals surface area (Å²) in [5.41, 5.74) is 2.13. The Hall–Kier alpha value is -1.90. The van der Waals surface area contributed by atoms with E-state index in [0.717, 1.165) is 28.4 Å². The Morgan fingerprint density at radius 1 is 1.26 bits per heavy atom. The molecule has 0 atom stereocenters. The van der Waals surface area contributed by atoms with Crippen molar-refractivity contribution in [2.75, 3.05) is 20.8 Å². The quantitative estimate of drug-likeness (QED) is 0.574. The van der Waals surface area contributed by atoms with Gasteiger partial charge in [0.1, 0.15) is 17.3 Å². The molecule has 0 N–H and O–H groups in total. The molecule has 1 aromatic rings. The van der Waals surface area contributed by atoms with E-state index in [1.807, 2.05) is 51.1 Å². The van der Waals surface area contributed by atoms with Gasteiger partial charge < -0.3 is 14.2 Å². The van der Waals surface area contributed by atoms with Crippen LogP contribution in [0.5, 0.6) is 5.75 Å². The van der Waals surface area contributed by atoms with Gasteiger partial charge in [-0.1, -0.05) is 0 Å². The average Bonchev–Trinajstić information content (AvgIpc) is 2.43.